The van der Waals surface area contributed by atoms with Gasteiger partial charge in [-0.3, -0.25) is 9.69 Å². The number of nitrogens with zero attached hydrogens (tertiary/aromatic N) is 3. The fourth-order valence-electron chi connectivity index (χ4n) is 2.93. The SMILES string of the molecule is CN(C)CCN(C(=O)c1cccc(Br)c1)c1nc2cc3c(cc2s1)OCCO3. The lowest BCUT2D eigenvalue weighted by Crippen LogP contribution is -2.36. The topological polar surface area (TPSA) is 54.9 Å². The molecule has 0 saturated heterocycles. The zero-order valence-electron chi connectivity index (χ0n) is 15.6. The van der Waals surface area contributed by atoms with Gasteiger partial charge in [-0.1, -0.05) is 33.3 Å². The van der Waals surface area contributed by atoms with E-state index in [0.29, 0.717) is 36.2 Å². The molecule has 1 aliphatic rings. The lowest BCUT2D eigenvalue weighted by molar-refractivity contribution is 0.0985. The largest absolute Gasteiger partial charge is 0.486 e. The molecule has 8 heteroatoms. The Hall–Kier alpha value is -2.16. The summed E-state index contributed by atoms with van der Waals surface area (Å²) in [5.41, 5.74) is 1.43. The van der Waals surface area contributed by atoms with Crippen molar-refractivity contribution in [2.75, 3.05) is 45.3 Å². The molecule has 0 atom stereocenters. The van der Waals surface area contributed by atoms with E-state index in [2.05, 4.69) is 20.8 Å². The Morgan fingerprint density at radius 2 is 1.89 bits per heavy atom. The number of hydrogen-bond donors (Lipinski definition) is 0. The van der Waals surface area contributed by atoms with Gasteiger partial charge in [0.25, 0.3) is 5.91 Å². The molecule has 1 amide bonds. The van der Waals surface area contributed by atoms with Crippen LogP contribution in [-0.4, -0.2) is 56.2 Å². The molecule has 0 bridgehead atoms. The van der Waals surface area contributed by atoms with E-state index in [9.17, 15) is 4.79 Å². The molecule has 4 rings (SSSR count). The molecule has 2 aromatic carbocycles. The van der Waals surface area contributed by atoms with Crippen molar-refractivity contribution in [3.63, 3.8) is 0 Å². The summed E-state index contributed by atoms with van der Waals surface area (Å²) in [5.74, 6) is 1.36. The minimum atomic E-state index is -0.0699. The summed E-state index contributed by atoms with van der Waals surface area (Å²) in [6, 6.07) is 11.3. The summed E-state index contributed by atoms with van der Waals surface area (Å²) in [7, 11) is 3.98. The zero-order valence-corrected chi connectivity index (χ0v) is 18.0. The number of amides is 1. The first-order valence-corrected chi connectivity index (χ1v) is 10.5. The number of hydrogen-bond acceptors (Lipinski definition) is 6. The predicted octanol–water partition coefficient (Wildman–Crippen LogP) is 4.04. The average Bonchev–Trinajstić information content (AvgIpc) is 3.08. The Labute approximate surface area is 175 Å². The highest BCUT2D eigenvalue weighted by atomic mass is 79.9. The normalized spacial score (nSPS) is 13.1. The van der Waals surface area contributed by atoms with Crippen LogP contribution >= 0.6 is 27.3 Å². The monoisotopic (exact) mass is 461 g/mol. The fraction of sp³-hybridized carbons (Fsp3) is 0.300. The Morgan fingerprint density at radius 1 is 1.14 bits per heavy atom. The maximum Gasteiger partial charge on any atom is 0.260 e. The van der Waals surface area contributed by atoms with Gasteiger partial charge in [0.2, 0.25) is 0 Å². The van der Waals surface area contributed by atoms with E-state index in [1.807, 2.05) is 50.5 Å². The smallest absolute Gasteiger partial charge is 0.260 e. The number of benzene rings is 2. The Morgan fingerprint density at radius 3 is 2.61 bits per heavy atom. The number of aromatic nitrogens is 1. The van der Waals surface area contributed by atoms with E-state index in [1.54, 1.807) is 4.90 Å². The second-order valence-corrected chi connectivity index (χ2v) is 8.66. The van der Waals surface area contributed by atoms with Gasteiger partial charge in [0.1, 0.15) is 13.2 Å². The van der Waals surface area contributed by atoms with Gasteiger partial charge in [0, 0.05) is 35.3 Å². The summed E-state index contributed by atoms with van der Waals surface area (Å²) >= 11 is 4.93. The quantitative estimate of drug-likeness (QED) is 0.573. The van der Waals surface area contributed by atoms with Gasteiger partial charge in [-0.2, -0.15) is 0 Å². The van der Waals surface area contributed by atoms with Crippen LogP contribution in [-0.2, 0) is 0 Å². The highest BCUT2D eigenvalue weighted by Crippen LogP contribution is 2.39. The Kier molecular flexibility index (Phi) is 5.52. The molecule has 3 aromatic rings. The first-order chi connectivity index (χ1) is 13.5. The van der Waals surface area contributed by atoms with E-state index < -0.39 is 0 Å². The molecule has 1 aromatic heterocycles. The number of anilines is 1. The van der Waals surface area contributed by atoms with Crippen molar-refractivity contribution in [1.82, 2.24) is 9.88 Å². The number of rotatable bonds is 5. The van der Waals surface area contributed by atoms with Crippen molar-refractivity contribution in [3.8, 4) is 11.5 Å². The third-order valence-corrected chi connectivity index (χ3v) is 5.89. The third-order valence-electron chi connectivity index (χ3n) is 4.36. The molecular weight excluding hydrogens is 442 g/mol. The summed E-state index contributed by atoms with van der Waals surface area (Å²) in [4.78, 5) is 21.8. The predicted molar refractivity (Wildman–Crippen MR) is 115 cm³/mol. The van der Waals surface area contributed by atoms with Gasteiger partial charge in [-0.15, -0.1) is 0 Å². The fourth-order valence-corrected chi connectivity index (χ4v) is 4.33. The number of likely N-dealkylation sites (N-methyl/N-ethyl adjacent to an activating group) is 1. The second kappa shape index (κ2) is 8.06. The van der Waals surface area contributed by atoms with Crippen LogP contribution < -0.4 is 14.4 Å². The van der Waals surface area contributed by atoms with E-state index in [0.717, 1.165) is 27.0 Å². The highest BCUT2D eigenvalue weighted by Gasteiger charge is 2.23. The molecular formula is C20H20BrN3O3S. The molecule has 0 saturated carbocycles. The van der Waals surface area contributed by atoms with Gasteiger partial charge >= 0.3 is 0 Å². The van der Waals surface area contributed by atoms with Crippen LogP contribution in [0.1, 0.15) is 10.4 Å². The number of ether oxygens (including phenoxy) is 2. The number of carbonyl (C=O) groups is 1. The van der Waals surface area contributed by atoms with Crippen LogP contribution in [0.4, 0.5) is 5.13 Å². The van der Waals surface area contributed by atoms with Crippen molar-refractivity contribution < 1.29 is 14.3 Å². The molecule has 28 heavy (non-hydrogen) atoms. The van der Waals surface area contributed by atoms with Crippen LogP contribution in [0.2, 0.25) is 0 Å². The summed E-state index contributed by atoms with van der Waals surface area (Å²) in [6.07, 6.45) is 0. The molecule has 0 unspecified atom stereocenters. The number of halogens is 1. The molecule has 0 spiro atoms. The van der Waals surface area contributed by atoms with E-state index >= 15 is 0 Å². The van der Waals surface area contributed by atoms with E-state index in [4.69, 9.17) is 14.5 Å². The van der Waals surface area contributed by atoms with Crippen LogP contribution in [0, 0.1) is 0 Å². The minimum Gasteiger partial charge on any atom is -0.486 e. The van der Waals surface area contributed by atoms with Gasteiger partial charge in [0.05, 0.1) is 10.2 Å². The minimum absolute atomic E-state index is 0.0699. The van der Waals surface area contributed by atoms with Crippen molar-refractivity contribution in [3.05, 3.63) is 46.4 Å². The third kappa shape index (κ3) is 3.99. The van der Waals surface area contributed by atoms with Crippen LogP contribution in [0.3, 0.4) is 0 Å². The van der Waals surface area contributed by atoms with Crippen molar-refractivity contribution >= 4 is 48.5 Å². The maximum atomic E-state index is 13.2. The van der Waals surface area contributed by atoms with E-state index in [-0.39, 0.29) is 5.91 Å². The van der Waals surface area contributed by atoms with Gasteiger partial charge in [-0.05, 0) is 32.3 Å². The van der Waals surface area contributed by atoms with Gasteiger partial charge < -0.3 is 14.4 Å². The van der Waals surface area contributed by atoms with E-state index in [1.165, 1.54) is 11.3 Å². The molecule has 6 nitrogen and oxygen atoms in total. The number of fused-ring (bicyclic) bond motifs is 2. The van der Waals surface area contributed by atoms with Crippen LogP contribution in [0.25, 0.3) is 10.2 Å². The van der Waals surface area contributed by atoms with Gasteiger partial charge in [-0.25, -0.2) is 4.98 Å². The van der Waals surface area contributed by atoms with Crippen molar-refractivity contribution in [2.24, 2.45) is 0 Å². The first-order valence-electron chi connectivity index (χ1n) is 8.93. The van der Waals surface area contributed by atoms with Crippen molar-refractivity contribution in [2.45, 2.75) is 0 Å². The Balaban J connectivity index is 1.72. The van der Waals surface area contributed by atoms with Crippen molar-refractivity contribution in [1.29, 1.82) is 0 Å². The number of carbonyl (C=O) groups excluding carboxylic acids is 1. The molecule has 0 fully saturated rings. The van der Waals surface area contributed by atoms with Crippen LogP contribution in [0.15, 0.2) is 40.9 Å². The average molecular weight is 462 g/mol. The molecule has 2 heterocycles. The summed E-state index contributed by atoms with van der Waals surface area (Å²) in [6.45, 7) is 2.36. The maximum absolute atomic E-state index is 13.2. The van der Waals surface area contributed by atoms with Crippen LogP contribution in [0.5, 0.6) is 11.5 Å². The summed E-state index contributed by atoms with van der Waals surface area (Å²) in [5, 5.41) is 0.671. The second-order valence-electron chi connectivity index (χ2n) is 6.73. The molecule has 0 N–H and O–H groups in total. The summed E-state index contributed by atoms with van der Waals surface area (Å²) < 4.78 is 13.2. The molecule has 0 aliphatic carbocycles. The van der Waals surface area contributed by atoms with Gasteiger partial charge in [0.15, 0.2) is 16.6 Å². The highest BCUT2D eigenvalue weighted by molar-refractivity contribution is 9.10. The lowest BCUT2D eigenvalue weighted by Gasteiger charge is -2.22. The standard InChI is InChI=1S/C20H20BrN3O3S/c1-23(2)6-7-24(19(25)13-4-3-5-14(21)10-13)20-22-15-11-16-17(12-18(15)28-20)27-9-8-26-16/h3-5,10-12H,6-9H2,1-2H3. The number of thiazole rings is 1. The zero-order chi connectivity index (χ0) is 19.7. The Bertz CT molecular complexity index is 978. The first kappa shape index (κ1) is 19.2. The molecule has 1 aliphatic heterocycles. The molecule has 146 valence electrons. The lowest BCUT2D eigenvalue weighted by atomic mass is 10.2. The molecule has 0 radical (unpaired) electrons.